The topological polar surface area (TPSA) is 42.0 Å². The summed E-state index contributed by atoms with van der Waals surface area (Å²) in [7, 11) is 0. The third kappa shape index (κ3) is 3.34. The number of hydrogen-bond acceptors (Lipinski definition) is 2. The minimum absolute atomic E-state index is 0.179. The smallest absolute Gasteiger partial charge is 0.269 e. The SMILES string of the molecule is CC(C)CNC(=O)c1cccc(Cl)n1. The van der Waals surface area contributed by atoms with Crippen molar-refractivity contribution in [3.63, 3.8) is 0 Å². The summed E-state index contributed by atoms with van der Waals surface area (Å²) in [5.41, 5.74) is 0.359. The van der Waals surface area contributed by atoms with E-state index in [1.807, 2.05) is 13.8 Å². The van der Waals surface area contributed by atoms with Crippen LogP contribution in [0, 0.1) is 5.92 Å². The summed E-state index contributed by atoms with van der Waals surface area (Å²) >= 11 is 5.66. The number of carbonyl (C=O) groups is 1. The minimum atomic E-state index is -0.179. The third-order valence-corrected chi connectivity index (χ3v) is 1.83. The van der Waals surface area contributed by atoms with Gasteiger partial charge in [0.1, 0.15) is 10.8 Å². The number of nitrogens with zero attached hydrogens (tertiary/aromatic N) is 1. The number of amides is 1. The number of aromatic nitrogens is 1. The Bertz CT molecular complexity index is 326. The summed E-state index contributed by atoms with van der Waals surface area (Å²) in [5, 5.41) is 3.10. The molecule has 1 amide bonds. The van der Waals surface area contributed by atoms with Crippen LogP contribution >= 0.6 is 11.6 Å². The molecule has 1 heterocycles. The lowest BCUT2D eigenvalue weighted by atomic mass is 10.2. The number of carbonyl (C=O) groups excluding carboxylic acids is 1. The van der Waals surface area contributed by atoms with Gasteiger partial charge < -0.3 is 5.32 Å². The number of halogens is 1. The van der Waals surface area contributed by atoms with Gasteiger partial charge in [-0.3, -0.25) is 4.79 Å². The molecule has 0 fully saturated rings. The second kappa shape index (κ2) is 4.96. The van der Waals surface area contributed by atoms with E-state index in [2.05, 4.69) is 10.3 Å². The van der Waals surface area contributed by atoms with Crippen LogP contribution in [-0.2, 0) is 0 Å². The van der Waals surface area contributed by atoms with E-state index in [-0.39, 0.29) is 5.91 Å². The first kappa shape index (κ1) is 11.0. The summed E-state index contributed by atoms with van der Waals surface area (Å²) in [6.07, 6.45) is 0. The van der Waals surface area contributed by atoms with Gasteiger partial charge in [-0.05, 0) is 18.1 Å². The molecule has 1 aromatic heterocycles. The van der Waals surface area contributed by atoms with Gasteiger partial charge in [-0.25, -0.2) is 4.98 Å². The molecule has 0 saturated carbocycles. The molecular formula is C10H13ClN2O. The predicted octanol–water partition coefficient (Wildman–Crippen LogP) is 2.12. The van der Waals surface area contributed by atoms with E-state index in [4.69, 9.17) is 11.6 Å². The van der Waals surface area contributed by atoms with Crippen LogP contribution in [0.2, 0.25) is 5.15 Å². The zero-order chi connectivity index (χ0) is 10.6. The van der Waals surface area contributed by atoms with E-state index in [0.29, 0.717) is 23.3 Å². The lowest BCUT2D eigenvalue weighted by Gasteiger charge is -2.06. The summed E-state index contributed by atoms with van der Waals surface area (Å²) < 4.78 is 0. The molecule has 1 rings (SSSR count). The molecule has 0 atom stereocenters. The largest absolute Gasteiger partial charge is 0.350 e. The van der Waals surface area contributed by atoms with Gasteiger partial charge in [-0.2, -0.15) is 0 Å². The molecule has 0 aliphatic carbocycles. The summed E-state index contributed by atoms with van der Waals surface area (Å²) in [6.45, 7) is 4.71. The Balaban J connectivity index is 2.61. The second-order valence-electron chi connectivity index (χ2n) is 3.45. The molecule has 0 unspecified atom stereocenters. The fourth-order valence-electron chi connectivity index (χ4n) is 0.922. The molecule has 0 saturated heterocycles. The number of rotatable bonds is 3. The first-order chi connectivity index (χ1) is 6.59. The van der Waals surface area contributed by atoms with Gasteiger partial charge in [0, 0.05) is 6.54 Å². The molecule has 14 heavy (non-hydrogen) atoms. The van der Waals surface area contributed by atoms with E-state index in [0.717, 1.165) is 0 Å². The Kier molecular flexibility index (Phi) is 3.89. The molecule has 0 aliphatic rings. The van der Waals surface area contributed by atoms with Crippen molar-refractivity contribution in [1.82, 2.24) is 10.3 Å². The summed E-state index contributed by atoms with van der Waals surface area (Å²) in [5.74, 6) is 0.249. The fourth-order valence-corrected chi connectivity index (χ4v) is 1.09. The highest BCUT2D eigenvalue weighted by molar-refractivity contribution is 6.29. The van der Waals surface area contributed by atoms with Gasteiger partial charge in [-0.15, -0.1) is 0 Å². The van der Waals surface area contributed by atoms with Crippen molar-refractivity contribution in [3.8, 4) is 0 Å². The van der Waals surface area contributed by atoms with Crippen molar-refractivity contribution >= 4 is 17.5 Å². The molecular weight excluding hydrogens is 200 g/mol. The van der Waals surface area contributed by atoms with Crippen LogP contribution in [-0.4, -0.2) is 17.4 Å². The highest BCUT2D eigenvalue weighted by Gasteiger charge is 2.07. The Labute approximate surface area is 88.5 Å². The van der Waals surface area contributed by atoms with Crippen LogP contribution in [0.3, 0.4) is 0 Å². The van der Waals surface area contributed by atoms with Gasteiger partial charge >= 0.3 is 0 Å². The molecule has 1 N–H and O–H groups in total. The molecule has 0 aromatic carbocycles. The quantitative estimate of drug-likeness (QED) is 0.780. The van der Waals surface area contributed by atoms with Crippen molar-refractivity contribution < 1.29 is 4.79 Å². The maximum Gasteiger partial charge on any atom is 0.269 e. The highest BCUT2D eigenvalue weighted by Crippen LogP contribution is 2.04. The van der Waals surface area contributed by atoms with Crippen LogP contribution in [0.15, 0.2) is 18.2 Å². The van der Waals surface area contributed by atoms with Gasteiger partial charge in [0.2, 0.25) is 0 Å². The van der Waals surface area contributed by atoms with Crippen molar-refractivity contribution in [2.45, 2.75) is 13.8 Å². The van der Waals surface area contributed by atoms with Crippen molar-refractivity contribution in [2.24, 2.45) is 5.92 Å². The molecule has 0 spiro atoms. The fraction of sp³-hybridized carbons (Fsp3) is 0.400. The second-order valence-corrected chi connectivity index (χ2v) is 3.84. The Hall–Kier alpha value is -1.09. The average Bonchev–Trinajstić information content (AvgIpc) is 2.14. The zero-order valence-corrected chi connectivity index (χ0v) is 9.01. The number of hydrogen-bond donors (Lipinski definition) is 1. The maximum absolute atomic E-state index is 11.5. The molecule has 0 bridgehead atoms. The average molecular weight is 213 g/mol. The Morgan fingerprint density at radius 1 is 1.57 bits per heavy atom. The first-order valence-corrected chi connectivity index (χ1v) is 4.88. The van der Waals surface area contributed by atoms with Crippen LogP contribution in [0.25, 0.3) is 0 Å². The lowest BCUT2D eigenvalue weighted by molar-refractivity contribution is 0.0944. The van der Waals surface area contributed by atoms with E-state index in [9.17, 15) is 4.79 Å². The third-order valence-electron chi connectivity index (χ3n) is 1.62. The molecule has 76 valence electrons. The van der Waals surface area contributed by atoms with Crippen LogP contribution in [0.4, 0.5) is 0 Å². The molecule has 0 radical (unpaired) electrons. The zero-order valence-electron chi connectivity index (χ0n) is 8.25. The normalized spacial score (nSPS) is 10.3. The maximum atomic E-state index is 11.5. The van der Waals surface area contributed by atoms with E-state index >= 15 is 0 Å². The molecule has 3 nitrogen and oxygen atoms in total. The van der Waals surface area contributed by atoms with Crippen LogP contribution in [0.5, 0.6) is 0 Å². The van der Waals surface area contributed by atoms with Crippen LogP contribution in [0.1, 0.15) is 24.3 Å². The van der Waals surface area contributed by atoms with E-state index in [1.54, 1.807) is 18.2 Å². The molecule has 1 aromatic rings. The van der Waals surface area contributed by atoms with Gasteiger partial charge in [0.25, 0.3) is 5.91 Å². The molecule has 0 aliphatic heterocycles. The first-order valence-electron chi connectivity index (χ1n) is 4.50. The standard InChI is InChI=1S/C10H13ClN2O/c1-7(2)6-12-10(14)8-4-3-5-9(11)13-8/h3-5,7H,6H2,1-2H3,(H,12,14). The lowest BCUT2D eigenvalue weighted by Crippen LogP contribution is -2.27. The van der Waals surface area contributed by atoms with Crippen molar-refractivity contribution in [2.75, 3.05) is 6.54 Å². The van der Waals surface area contributed by atoms with E-state index in [1.165, 1.54) is 0 Å². The predicted molar refractivity (Wildman–Crippen MR) is 56.4 cm³/mol. The Morgan fingerprint density at radius 3 is 2.86 bits per heavy atom. The summed E-state index contributed by atoms with van der Waals surface area (Å²) in [4.78, 5) is 15.4. The highest BCUT2D eigenvalue weighted by atomic mass is 35.5. The minimum Gasteiger partial charge on any atom is -0.350 e. The van der Waals surface area contributed by atoms with E-state index < -0.39 is 0 Å². The molecule has 4 heteroatoms. The van der Waals surface area contributed by atoms with Crippen LogP contribution < -0.4 is 5.32 Å². The van der Waals surface area contributed by atoms with Gasteiger partial charge in [0.15, 0.2) is 0 Å². The number of nitrogens with one attached hydrogen (secondary N) is 1. The van der Waals surface area contributed by atoms with Gasteiger partial charge in [0.05, 0.1) is 0 Å². The van der Waals surface area contributed by atoms with Crippen molar-refractivity contribution in [1.29, 1.82) is 0 Å². The van der Waals surface area contributed by atoms with Crippen molar-refractivity contribution in [3.05, 3.63) is 29.0 Å². The van der Waals surface area contributed by atoms with Gasteiger partial charge in [-0.1, -0.05) is 31.5 Å². The monoisotopic (exact) mass is 212 g/mol. The number of pyridine rings is 1. The summed E-state index contributed by atoms with van der Waals surface area (Å²) in [6, 6.07) is 4.99. The Morgan fingerprint density at radius 2 is 2.29 bits per heavy atom.